The molecule has 0 heterocycles. The number of phosphoric acid groups is 1. The molecule has 0 aromatic rings. The molecule has 0 saturated carbocycles. The lowest BCUT2D eigenvalue weighted by Gasteiger charge is -2.19. The average molecular weight is 853 g/mol. The highest BCUT2D eigenvalue weighted by Crippen LogP contribution is 2.42. The van der Waals surface area contributed by atoms with Crippen LogP contribution in [0.5, 0.6) is 0 Å². The zero-order chi connectivity index (χ0) is 43.2. The van der Waals surface area contributed by atoms with E-state index in [1.54, 1.807) is 0 Å². The quantitative estimate of drug-likeness (QED) is 0.0279. The van der Waals surface area contributed by atoms with Gasteiger partial charge in [0.2, 0.25) is 0 Å². The summed E-state index contributed by atoms with van der Waals surface area (Å²) in [5.41, 5.74) is 0. The van der Waals surface area contributed by atoms with E-state index in [1.165, 1.54) is 148 Å². The van der Waals surface area contributed by atoms with Crippen LogP contribution in [0.2, 0.25) is 0 Å². The van der Waals surface area contributed by atoms with Crippen molar-refractivity contribution in [3.8, 4) is 0 Å². The number of hydrogen-bond acceptors (Lipinski definition) is 7. The smallest absolute Gasteiger partial charge is 0.462 e. The lowest BCUT2D eigenvalue weighted by molar-refractivity contribution is -0.161. The van der Waals surface area contributed by atoms with Crippen LogP contribution in [0.4, 0.5) is 0 Å². The van der Waals surface area contributed by atoms with Crippen molar-refractivity contribution in [1.82, 2.24) is 0 Å². The minimum absolute atomic E-state index is 0.226. The maximum absolute atomic E-state index is 12.5. The van der Waals surface area contributed by atoms with Crippen molar-refractivity contribution in [2.45, 2.75) is 251 Å². The number of unbranched alkanes of at least 4 members (excludes halogenated alkanes) is 29. The van der Waals surface area contributed by atoms with E-state index in [9.17, 15) is 19.0 Å². The number of carbonyl (C=O) groups is 2. The molecule has 346 valence electrons. The third-order valence-electron chi connectivity index (χ3n) is 10.9. The van der Waals surface area contributed by atoms with E-state index in [0.29, 0.717) is 12.8 Å². The summed E-state index contributed by atoms with van der Waals surface area (Å²) in [4.78, 5) is 34.6. The van der Waals surface area contributed by atoms with Crippen LogP contribution < -0.4 is 0 Å². The van der Waals surface area contributed by atoms with E-state index in [1.807, 2.05) is 0 Å². The molecule has 0 aromatic carbocycles. The molecule has 0 aliphatic rings. The second kappa shape index (κ2) is 45.8. The van der Waals surface area contributed by atoms with E-state index >= 15 is 0 Å². The molecule has 1 N–H and O–H groups in total. The maximum Gasteiger partial charge on any atom is 0.472 e. The summed E-state index contributed by atoms with van der Waals surface area (Å²) < 4.78 is 32.1. The number of hydrogen-bond donors (Lipinski definition) is 1. The number of ether oxygens (including phenoxy) is 2. The minimum Gasteiger partial charge on any atom is -0.462 e. The molecule has 2 unspecified atom stereocenters. The Labute approximate surface area is 364 Å². The summed E-state index contributed by atoms with van der Waals surface area (Å²) in [5, 5.41) is 0. The number of phosphoric ester groups is 1. The first-order valence-electron chi connectivity index (χ1n) is 24.7. The van der Waals surface area contributed by atoms with E-state index in [2.05, 4.69) is 54.8 Å². The molecular weight excluding hydrogens is 760 g/mol. The van der Waals surface area contributed by atoms with Gasteiger partial charge in [0, 0.05) is 20.0 Å². The molecule has 0 aromatic heterocycles. The van der Waals surface area contributed by atoms with Gasteiger partial charge < -0.3 is 14.4 Å². The summed E-state index contributed by atoms with van der Waals surface area (Å²) in [6.07, 6.45) is 55.0. The van der Waals surface area contributed by atoms with Crippen LogP contribution in [0.1, 0.15) is 245 Å². The Morgan fingerprint density at radius 2 is 0.864 bits per heavy atom. The van der Waals surface area contributed by atoms with Gasteiger partial charge in [-0.05, 0) is 44.9 Å². The maximum atomic E-state index is 12.5. The Morgan fingerprint density at radius 1 is 0.492 bits per heavy atom. The highest BCUT2D eigenvalue weighted by atomic mass is 31.2. The molecular formula is C50H93O8P. The monoisotopic (exact) mass is 853 g/mol. The van der Waals surface area contributed by atoms with Crippen molar-refractivity contribution >= 4 is 19.8 Å². The third-order valence-corrected chi connectivity index (χ3v) is 11.8. The van der Waals surface area contributed by atoms with E-state index in [-0.39, 0.29) is 19.0 Å². The van der Waals surface area contributed by atoms with E-state index < -0.39 is 26.5 Å². The summed E-state index contributed by atoms with van der Waals surface area (Å²) in [7, 11) is -3.20. The van der Waals surface area contributed by atoms with Crippen molar-refractivity contribution in [1.29, 1.82) is 0 Å². The molecule has 0 bridgehead atoms. The molecule has 8 nitrogen and oxygen atoms in total. The van der Waals surface area contributed by atoms with Gasteiger partial charge in [-0.1, -0.05) is 224 Å². The molecule has 0 saturated heterocycles. The lowest BCUT2D eigenvalue weighted by Crippen LogP contribution is -2.29. The largest absolute Gasteiger partial charge is 0.472 e. The van der Waals surface area contributed by atoms with Crippen LogP contribution in [-0.4, -0.2) is 43.3 Å². The van der Waals surface area contributed by atoms with Gasteiger partial charge >= 0.3 is 19.8 Å². The van der Waals surface area contributed by atoms with Crippen molar-refractivity contribution in [3.05, 3.63) is 36.5 Å². The van der Waals surface area contributed by atoms with Crippen LogP contribution in [0, 0.1) is 0 Å². The summed E-state index contributed by atoms with van der Waals surface area (Å²) in [6.45, 7) is 3.81. The third kappa shape index (κ3) is 45.6. The fraction of sp³-hybridized carbons (Fsp3) is 0.840. The zero-order valence-corrected chi connectivity index (χ0v) is 39.6. The van der Waals surface area contributed by atoms with Crippen molar-refractivity contribution in [2.75, 3.05) is 20.3 Å². The molecule has 9 heteroatoms. The van der Waals surface area contributed by atoms with Gasteiger partial charge in [-0.2, -0.15) is 0 Å². The van der Waals surface area contributed by atoms with Crippen LogP contribution in [-0.2, 0) is 32.7 Å². The number of carbonyl (C=O) groups excluding carboxylic acids is 2. The van der Waals surface area contributed by atoms with Crippen LogP contribution in [0.25, 0.3) is 0 Å². The number of allylic oxidation sites excluding steroid dienone is 6. The SMILES string of the molecule is CC/C=C\C/C=C\C/C=C\CCCCCCCCCC(=O)OC(COC(=O)CCCCCCCCCCCCCCCCCCCCCCCCC)COP(=O)(O)OC. The topological polar surface area (TPSA) is 108 Å². The van der Waals surface area contributed by atoms with Gasteiger partial charge in [-0.25, -0.2) is 4.57 Å². The Hall–Kier alpha value is -1.73. The lowest BCUT2D eigenvalue weighted by atomic mass is 10.0. The molecule has 0 amide bonds. The van der Waals surface area contributed by atoms with Crippen LogP contribution in [0.3, 0.4) is 0 Å². The summed E-state index contributed by atoms with van der Waals surface area (Å²) in [6, 6.07) is 0. The van der Waals surface area contributed by atoms with Crippen LogP contribution in [0.15, 0.2) is 36.5 Å². The average Bonchev–Trinajstić information content (AvgIpc) is 3.23. The Kier molecular flexibility index (Phi) is 44.4. The molecule has 0 radical (unpaired) electrons. The highest BCUT2D eigenvalue weighted by Gasteiger charge is 2.24. The number of esters is 2. The molecule has 59 heavy (non-hydrogen) atoms. The molecule has 0 spiro atoms. The minimum atomic E-state index is -4.27. The van der Waals surface area contributed by atoms with Gasteiger partial charge in [0.05, 0.1) is 6.61 Å². The van der Waals surface area contributed by atoms with Gasteiger partial charge in [-0.15, -0.1) is 0 Å². The molecule has 0 rings (SSSR count). The first kappa shape index (κ1) is 57.3. The molecule has 0 fully saturated rings. The molecule has 0 aliphatic carbocycles. The van der Waals surface area contributed by atoms with Crippen molar-refractivity contribution < 1.29 is 37.6 Å². The first-order chi connectivity index (χ1) is 28.8. The normalized spacial score (nSPS) is 13.5. The van der Waals surface area contributed by atoms with Gasteiger partial charge in [0.15, 0.2) is 6.10 Å². The first-order valence-corrected chi connectivity index (χ1v) is 26.2. The molecule has 0 aliphatic heterocycles. The second-order valence-electron chi connectivity index (χ2n) is 16.6. The van der Waals surface area contributed by atoms with Gasteiger partial charge in [0.1, 0.15) is 6.61 Å². The van der Waals surface area contributed by atoms with Crippen molar-refractivity contribution in [2.24, 2.45) is 0 Å². The Morgan fingerprint density at radius 3 is 1.29 bits per heavy atom. The van der Waals surface area contributed by atoms with E-state index in [0.717, 1.165) is 71.3 Å². The van der Waals surface area contributed by atoms with Gasteiger partial charge in [0.25, 0.3) is 0 Å². The fourth-order valence-electron chi connectivity index (χ4n) is 7.15. The Balaban J connectivity index is 3.87. The number of rotatable bonds is 46. The summed E-state index contributed by atoms with van der Waals surface area (Å²) >= 11 is 0. The van der Waals surface area contributed by atoms with Crippen molar-refractivity contribution in [3.63, 3.8) is 0 Å². The predicted molar refractivity (Wildman–Crippen MR) is 249 cm³/mol. The predicted octanol–water partition coefficient (Wildman–Crippen LogP) is 16.0. The highest BCUT2D eigenvalue weighted by molar-refractivity contribution is 7.47. The summed E-state index contributed by atoms with van der Waals surface area (Å²) in [5.74, 6) is -0.804. The fourth-order valence-corrected chi connectivity index (χ4v) is 7.61. The van der Waals surface area contributed by atoms with Gasteiger partial charge in [-0.3, -0.25) is 18.6 Å². The molecule has 2 atom stereocenters. The second-order valence-corrected chi connectivity index (χ2v) is 18.1. The van der Waals surface area contributed by atoms with E-state index in [4.69, 9.17) is 14.0 Å². The standard InChI is InChI=1S/C50H93O8P/c1-4-6-8-10-12-14-16-18-20-22-23-24-25-26-27-29-30-32-34-36-38-40-42-44-49(51)56-46-48(47-57-59(53,54)55-3)58-50(52)45-43-41-39-37-35-33-31-28-21-19-17-15-13-11-9-7-5-2/h7,9,13,15,19,21,48H,4-6,8,10-12,14,16-18,20,22-47H2,1-3H3,(H,53,54)/b9-7-,15-13-,21-19-. The Bertz CT molecular complexity index is 1060. The van der Waals surface area contributed by atoms with Crippen LogP contribution >= 0.6 is 7.82 Å². The zero-order valence-electron chi connectivity index (χ0n) is 38.7.